The summed E-state index contributed by atoms with van der Waals surface area (Å²) in [5, 5.41) is 2.94. The topological polar surface area (TPSA) is 49.4 Å². The zero-order chi connectivity index (χ0) is 14.3. The van der Waals surface area contributed by atoms with Crippen LogP contribution < -0.4 is 5.32 Å². The van der Waals surface area contributed by atoms with Gasteiger partial charge in [-0.15, -0.1) is 0 Å². The molecule has 1 atom stereocenters. The molecule has 6 heteroatoms. The fraction of sp³-hybridized carbons (Fsp3) is 0.429. The molecule has 106 valence electrons. The van der Waals surface area contributed by atoms with Gasteiger partial charge in [0.1, 0.15) is 0 Å². The van der Waals surface area contributed by atoms with Gasteiger partial charge in [-0.25, -0.2) is 8.78 Å². The number of likely N-dealkylation sites (tertiary alicyclic amines) is 1. The lowest BCUT2D eigenvalue weighted by Crippen LogP contribution is -2.39. The summed E-state index contributed by atoms with van der Waals surface area (Å²) >= 11 is 0. The Labute approximate surface area is 114 Å². The minimum atomic E-state index is -0.919. The second kappa shape index (κ2) is 4.94. The Kier molecular flexibility index (Phi) is 3.25. The van der Waals surface area contributed by atoms with Crippen molar-refractivity contribution in [3.63, 3.8) is 0 Å². The third-order valence-corrected chi connectivity index (χ3v) is 3.63. The highest BCUT2D eigenvalue weighted by Crippen LogP contribution is 2.31. The SMILES string of the molecule is O=C1CC(NCc2ccc(F)c(F)c2)C(=O)N1C1CC1. The number of carbonyl (C=O) groups is 2. The molecule has 1 N–H and O–H groups in total. The normalized spacial score (nSPS) is 22.7. The number of imide groups is 1. The van der Waals surface area contributed by atoms with Crippen molar-refractivity contribution >= 4 is 11.8 Å². The summed E-state index contributed by atoms with van der Waals surface area (Å²) < 4.78 is 25.9. The van der Waals surface area contributed by atoms with Crippen molar-refractivity contribution in [2.45, 2.75) is 37.9 Å². The molecule has 3 rings (SSSR count). The van der Waals surface area contributed by atoms with Crippen LogP contribution in [0, 0.1) is 11.6 Å². The zero-order valence-corrected chi connectivity index (χ0v) is 10.7. The van der Waals surface area contributed by atoms with E-state index in [4.69, 9.17) is 0 Å². The first kappa shape index (κ1) is 13.2. The van der Waals surface area contributed by atoms with Gasteiger partial charge < -0.3 is 5.32 Å². The third kappa shape index (κ3) is 2.43. The smallest absolute Gasteiger partial charge is 0.247 e. The third-order valence-electron chi connectivity index (χ3n) is 3.63. The minimum absolute atomic E-state index is 0.0741. The molecule has 20 heavy (non-hydrogen) atoms. The second-order valence-electron chi connectivity index (χ2n) is 5.22. The van der Waals surface area contributed by atoms with Gasteiger partial charge >= 0.3 is 0 Å². The van der Waals surface area contributed by atoms with Crippen LogP contribution in [0.25, 0.3) is 0 Å². The summed E-state index contributed by atoms with van der Waals surface area (Å²) in [6.45, 7) is 0.222. The Balaban J connectivity index is 1.62. The van der Waals surface area contributed by atoms with Crippen LogP contribution >= 0.6 is 0 Å². The van der Waals surface area contributed by atoms with Gasteiger partial charge in [0, 0.05) is 12.6 Å². The van der Waals surface area contributed by atoms with E-state index in [-0.39, 0.29) is 30.8 Å². The maximum atomic E-state index is 13.1. The predicted molar refractivity (Wildman–Crippen MR) is 66.5 cm³/mol. The molecule has 1 aliphatic heterocycles. The van der Waals surface area contributed by atoms with Gasteiger partial charge in [0.05, 0.1) is 12.5 Å². The van der Waals surface area contributed by atoms with Crippen LogP contribution in [0.2, 0.25) is 0 Å². The van der Waals surface area contributed by atoms with Gasteiger partial charge in [-0.1, -0.05) is 6.07 Å². The van der Waals surface area contributed by atoms with Crippen molar-refractivity contribution in [3.05, 3.63) is 35.4 Å². The molecule has 0 spiro atoms. The average Bonchev–Trinajstić information content (AvgIpc) is 3.19. The summed E-state index contributed by atoms with van der Waals surface area (Å²) in [6, 6.07) is 3.10. The highest BCUT2D eigenvalue weighted by molar-refractivity contribution is 6.06. The maximum Gasteiger partial charge on any atom is 0.247 e. The van der Waals surface area contributed by atoms with Crippen molar-refractivity contribution in [3.8, 4) is 0 Å². The number of hydrogen-bond donors (Lipinski definition) is 1. The quantitative estimate of drug-likeness (QED) is 0.847. The van der Waals surface area contributed by atoms with Crippen LogP contribution in [0.5, 0.6) is 0 Å². The number of amides is 2. The largest absolute Gasteiger partial charge is 0.301 e. The molecule has 1 aromatic carbocycles. The number of rotatable bonds is 4. The van der Waals surface area contributed by atoms with Crippen LogP contribution in [0.4, 0.5) is 8.78 Å². The first-order chi connectivity index (χ1) is 9.56. The van der Waals surface area contributed by atoms with Gasteiger partial charge in [0.2, 0.25) is 11.8 Å². The molecule has 2 aliphatic rings. The maximum absolute atomic E-state index is 13.1. The van der Waals surface area contributed by atoms with E-state index in [1.807, 2.05) is 0 Å². The van der Waals surface area contributed by atoms with Crippen LogP contribution in [0.15, 0.2) is 18.2 Å². The van der Waals surface area contributed by atoms with Gasteiger partial charge in [0.15, 0.2) is 11.6 Å². The van der Waals surface area contributed by atoms with Crippen molar-refractivity contribution in [2.24, 2.45) is 0 Å². The molecule has 1 saturated heterocycles. The fourth-order valence-corrected chi connectivity index (χ4v) is 2.42. The molecular formula is C14H14F2N2O2. The van der Waals surface area contributed by atoms with E-state index < -0.39 is 17.7 Å². The molecule has 0 radical (unpaired) electrons. The molecule has 1 heterocycles. The zero-order valence-electron chi connectivity index (χ0n) is 10.7. The number of halogens is 2. The lowest BCUT2D eigenvalue weighted by Gasteiger charge is -2.14. The summed E-state index contributed by atoms with van der Waals surface area (Å²) in [5.41, 5.74) is 0.536. The van der Waals surface area contributed by atoms with Crippen molar-refractivity contribution < 1.29 is 18.4 Å². The molecular weight excluding hydrogens is 266 g/mol. The molecule has 1 saturated carbocycles. The van der Waals surface area contributed by atoms with Crippen molar-refractivity contribution in [1.29, 1.82) is 0 Å². The van der Waals surface area contributed by atoms with Crippen LogP contribution in [0.3, 0.4) is 0 Å². The molecule has 1 aromatic rings. The monoisotopic (exact) mass is 280 g/mol. The van der Waals surface area contributed by atoms with E-state index in [0.29, 0.717) is 5.56 Å². The standard InChI is InChI=1S/C14H14F2N2O2/c15-10-4-1-8(5-11(10)16)7-17-12-6-13(19)18(14(12)20)9-2-3-9/h1,4-5,9,12,17H,2-3,6-7H2. The van der Waals surface area contributed by atoms with E-state index >= 15 is 0 Å². The molecule has 1 unspecified atom stereocenters. The van der Waals surface area contributed by atoms with E-state index in [9.17, 15) is 18.4 Å². The number of benzene rings is 1. The van der Waals surface area contributed by atoms with Gasteiger partial charge in [-0.05, 0) is 30.5 Å². The highest BCUT2D eigenvalue weighted by Gasteiger charge is 2.45. The van der Waals surface area contributed by atoms with Crippen molar-refractivity contribution in [2.75, 3.05) is 0 Å². The lowest BCUT2D eigenvalue weighted by atomic mass is 10.2. The Morgan fingerprint density at radius 3 is 2.60 bits per heavy atom. The van der Waals surface area contributed by atoms with Crippen LogP contribution in [0.1, 0.15) is 24.8 Å². The predicted octanol–water partition coefficient (Wildman–Crippen LogP) is 1.34. The van der Waals surface area contributed by atoms with E-state index in [2.05, 4.69) is 5.32 Å². The Bertz CT molecular complexity index is 572. The number of nitrogens with zero attached hydrogens (tertiary/aromatic N) is 1. The Morgan fingerprint density at radius 2 is 1.95 bits per heavy atom. The number of nitrogens with one attached hydrogen (secondary N) is 1. The molecule has 0 aromatic heterocycles. The van der Waals surface area contributed by atoms with Crippen LogP contribution in [-0.4, -0.2) is 28.8 Å². The van der Waals surface area contributed by atoms with E-state index in [1.165, 1.54) is 11.0 Å². The first-order valence-corrected chi connectivity index (χ1v) is 6.59. The number of carbonyl (C=O) groups excluding carboxylic acids is 2. The van der Waals surface area contributed by atoms with Gasteiger partial charge in [0.25, 0.3) is 0 Å². The molecule has 4 nitrogen and oxygen atoms in total. The molecule has 1 aliphatic carbocycles. The van der Waals surface area contributed by atoms with E-state index in [0.717, 1.165) is 25.0 Å². The summed E-state index contributed by atoms with van der Waals surface area (Å²) in [6.07, 6.45) is 1.90. The summed E-state index contributed by atoms with van der Waals surface area (Å²) in [7, 11) is 0. The summed E-state index contributed by atoms with van der Waals surface area (Å²) in [4.78, 5) is 25.1. The van der Waals surface area contributed by atoms with Gasteiger partial charge in [-0.2, -0.15) is 0 Å². The highest BCUT2D eigenvalue weighted by atomic mass is 19.2. The molecule has 2 fully saturated rings. The Hall–Kier alpha value is -1.82. The minimum Gasteiger partial charge on any atom is -0.301 e. The fourth-order valence-electron chi connectivity index (χ4n) is 2.42. The Morgan fingerprint density at radius 1 is 1.20 bits per heavy atom. The first-order valence-electron chi connectivity index (χ1n) is 6.59. The van der Waals surface area contributed by atoms with Crippen LogP contribution in [-0.2, 0) is 16.1 Å². The van der Waals surface area contributed by atoms with E-state index in [1.54, 1.807) is 0 Å². The number of hydrogen-bond acceptors (Lipinski definition) is 3. The van der Waals surface area contributed by atoms with Gasteiger partial charge in [-0.3, -0.25) is 14.5 Å². The average molecular weight is 280 g/mol. The lowest BCUT2D eigenvalue weighted by molar-refractivity contribution is -0.139. The summed E-state index contributed by atoms with van der Waals surface area (Å²) in [5.74, 6) is -2.18. The van der Waals surface area contributed by atoms with Crippen molar-refractivity contribution in [1.82, 2.24) is 10.2 Å². The molecule has 2 amide bonds. The second-order valence-corrected chi connectivity index (χ2v) is 5.22. The molecule has 0 bridgehead atoms.